The van der Waals surface area contributed by atoms with Crippen molar-refractivity contribution in [2.24, 2.45) is 11.0 Å². The van der Waals surface area contributed by atoms with Gasteiger partial charge < -0.3 is 38.6 Å². The first-order valence-corrected chi connectivity index (χ1v) is 15.8. The van der Waals surface area contributed by atoms with Gasteiger partial charge in [0.25, 0.3) is 0 Å². The number of ether oxygens (including phenoxy) is 6. The average molecular weight is 668 g/mol. The summed E-state index contributed by atoms with van der Waals surface area (Å²) in [4.78, 5) is 28.2. The van der Waals surface area contributed by atoms with Crippen molar-refractivity contribution in [1.29, 1.82) is 0 Å². The van der Waals surface area contributed by atoms with Crippen LogP contribution < -0.4 is 9.47 Å². The number of aromatic carboxylic acids is 1. The SMILES string of the molecule is COCOc1cc(OCCCCN=[N+]=[N-])cc(/C=C/CC2OC(C)(C)OC2C(/C=C\[C@@H](C)[C@H](C)O)OC(=O)c2ccccc2)c1C(=O)O. The number of carbonyl (C=O) groups excluding carboxylic acids is 1. The molecule has 0 radical (unpaired) electrons. The van der Waals surface area contributed by atoms with Crippen molar-refractivity contribution in [3.05, 3.63) is 87.8 Å². The van der Waals surface area contributed by atoms with E-state index in [-0.39, 0.29) is 30.4 Å². The van der Waals surface area contributed by atoms with Crippen LogP contribution in [0.3, 0.4) is 0 Å². The number of esters is 1. The van der Waals surface area contributed by atoms with Gasteiger partial charge in [-0.3, -0.25) is 0 Å². The van der Waals surface area contributed by atoms with Crippen LogP contribution in [0, 0.1) is 5.92 Å². The van der Waals surface area contributed by atoms with Gasteiger partial charge in [0.1, 0.15) is 29.3 Å². The van der Waals surface area contributed by atoms with E-state index in [9.17, 15) is 19.8 Å². The Morgan fingerprint density at radius 1 is 1.10 bits per heavy atom. The predicted octanol–water partition coefficient (Wildman–Crippen LogP) is 6.56. The molecular formula is C35H45N3O10. The maximum absolute atomic E-state index is 13.1. The molecule has 48 heavy (non-hydrogen) atoms. The van der Waals surface area contributed by atoms with E-state index in [2.05, 4.69) is 10.0 Å². The Balaban J connectivity index is 1.89. The number of azide groups is 1. The van der Waals surface area contributed by atoms with Crippen LogP contribution in [0.15, 0.2) is 65.8 Å². The van der Waals surface area contributed by atoms with E-state index in [0.29, 0.717) is 42.9 Å². The van der Waals surface area contributed by atoms with E-state index in [1.54, 1.807) is 81.5 Å². The number of aliphatic hydroxyl groups is 1. The number of hydrogen-bond donors (Lipinski definition) is 2. The normalized spacial score (nSPS) is 19.0. The summed E-state index contributed by atoms with van der Waals surface area (Å²) in [5.74, 6) is -2.52. The fraction of sp³-hybridized carbons (Fsp3) is 0.486. The highest BCUT2D eigenvalue weighted by atomic mass is 16.8. The van der Waals surface area contributed by atoms with Gasteiger partial charge in [0.05, 0.1) is 24.4 Å². The van der Waals surface area contributed by atoms with Crippen LogP contribution >= 0.6 is 0 Å². The van der Waals surface area contributed by atoms with E-state index < -0.39 is 42.1 Å². The number of rotatable bonds is 19. The highest BCUT2D eigenvalue weighted by Crippen LogP contribution is 2.35. The van der Waals surface area contributed by atoms with Crippen LogP contribution in [0.2, 0.25) is 0 Å². The molecule has 13 nitrogen and oxygen atoms in total. The van der Waals surface area contributed by atoms with Crippen LogP contribution in [0.25, 0.3) is 16.5 Å². The van der Waals surface area contributed by atoms with Crippen LogP contribution in [0.4, 0.5) is 0 Å². The molecule has 0 saturated carbocycles. The first kappa shape index (κ1) is 38.1. The minimum Gasteiger partial charge on any atom is -0.493 e. The number of nitrogens with zero attached hydrogens (tertiary/aromatic N) is 3. The molecule has 0 amide bonds. The first-order chi connectivity index (χ1) is 23.0. The molecule has 2 aromatic rings. The monoisotopic (exact) mass is 667 g/mol. The largest absolute Gasteiger partial charge is 0.493 e. The zero-order valence-corrected chi connectivity index (χ0v) is 28.0. The highest BCUT2D eigenvalue weighted by Gasteiger charge is 2.45. The molecular weight excluding hydrogens is 622 g/mol. The number of aliphatic hydroxyl groups excluding tert-OH is 1. The number of carboxylic acids is 1. The zero-order chi connectivity index (χ0) is 35.1. The second kappa shape index (κ2) is 18.8. The quantitative estimate of drug-likeness (QED) is 0.0317. The van der Waals surface area contributed by atoms with Crippen molar-refractivity contribution in [2.45, 2.75) is 77.2 Å². The lowest BCUT2D eigenvalue weighted by atomic mass is 9.99. The van der Waals surface area contributed by atoms with Gasteiger partial charge in [0.2, 0.25) is 0 Å². The third kappa shape index (κ3) is 11.7. The van der Waals surface area contributed by atoms with Crippen LogP contribution in [-0.4, -0.2) is 79.4 Å². The summed E-state index contributed by atoms with van der Waals surface area (Å²) in [6.07, 6.45) is 5.59. The summed E-state index contributed by atoms with van der Waals surface area (Å²) in [6, 6.07) is 11.7. The molecule has 0 spiro atoms. The van der Waals surface area contributed by atoms with Crippen molar-refractivity contribution in [1.82, 2.24) is 0 Å². The summed E-state index contributed by atoms with van der Waals surface area (Å²) < 4.78 is 34.9. The van der Waals surface area contributed by atoms with Gasteiger partial charge >= 0.3 is 11.9 Å². The molecule has 0 aromatic heterocycles. The second-order valence-electron chi connectivity index (χ2n) is 11.7. The van der Waals surface area contributed by atoms with E-state index in [1.165, 1.54) is 13.2 Å². The second-order valence-corrected chi connectivity index (χ2v) is 11.7. The van der Waals surface area contributed by atoms with Crippen molar-refractivity contribution in [3.63, 3.8) is 0 Å². The van der Waals surface area contributed by atoms with E-state index in [4.69, 9.17) is 34.0 Å². The lowest BCUT2D eigenvalue weighted by molar-refractivity contribution is -0.152. The van der Waals surface area contributed by atoms with Crippen molar-refractivity contribution in [2.75, 3.05) is 27.1 Å². The standard InChI is InChI=1S/C35H45N3O10/c1-23(24(2)39)16-17-28(46-34(42)25-12-7-6-8-13-25)32-29(47-35(3,4)48-32)15-11-14-26-20-27(44-19-10-9-18-37-38-36)21-30(45-22-43-5)31(26)33(40)41/h6-8,11-14,16-17,20-21,23-24,28-29,32,39H,9-10,15,18-19,22H2,1-5H3,(H,40,41)/b14-11+,17-16-/t23-,24+,28?,29?,32?/m1/s1. The average Bonchev–Trinajstić information content (AvgIpc) is 3.36. The molecule has 13 heteroatoms. The van der Waals surface area contributed by atoms with Gasteiger partial charge in [-0.15, -0.1) is 0 Å². The molecule has 2 aromatic carbocycles. The number of carboxylic acid groups (broad SMARTS) is 1. The lowest BCUT2D eigenvalue weighted by Gasteiger charge is -2.25. The molecule has 1 aliphatic heterocycles. The Hall–Kier alpha value is -4.39. The fourth-order valence-electron chi connectivity index (χ4n) is 4.89. The minimum absolute atomic E-state index is 0.0697. The topological polar surface area (TPSA) is 179 Å². The lowest BCUT2D eigenvalue weighted by Crippen LogP contribution is -2.37. The van der Waals surface area contributed by atoms with Gasteiger partial charge in [0.15, 0.2) is 12.6 Å². The smallest absolute Gasteiger partial charge is 0.340 e. The van der Waals surface area contributed by atoms with Crippen molar-refractivity contribution < 1.29 is 48.2 Å². The van der Waals surface area contributed by atoms with E-state index in [1.807, 2.05) is 6.92 Å². The van der Waals surface area contributed by atoms with Crippen molar-refractivity contribution in [3.8, 4) is 11.5 Å². The third-order valence-corrected chi connectivity index (χ3v) is 7.47. The van der Waals surface area contributed by atoms with Crippen LogP contribution in [0.1, 0.15) is 73.2 Å². The van der Waals surface area contributed by atoms with Gasteiger partial charge in [0, 0.05) is 24.6 Å². The van der Waals surface area contributed by atoms with Gasteiger partial charge in [-0.25, -0.2) is 9.59 Å². The van der Waals surface area contributed by atoms with Gasteiger partial charge in [-0.1, -0.05) is 48.5 Å². The molecule has 1 heterocycles. The summed E-state index contributed by atoms with van der Waals surface area (Å²) in [7, 11) is 1.43. The third-order valence-electron chi connectivity index (χ3n) is 7.47. The maximum Gasteiger partial charge on any atom is 0.340 e. The first-order valence-electron chi connectivity index (χ1n) is 15.8. The number of carbonyl (C=O) groups is 2. The molecule has 3 rings (SSSR count). The van der Waals surface area contributed by atoms with Crippen LogP contribution in [0.5, 0.6) is 11.5 Å². The number of benzene rings is 2. The molecule has 2 N–H and O–H groups in total. The predicted molar refractivity (Wildman–Crippen MR) is 178 cm³/mol. The summed E-state index contributed by atoms with van der Waals surface area (Å²) in [6.45, 7) is 7.53. The molecule has 260 valence electrons. The zero-order valence-electron chi connectivity index (χ0n) is 28.0. The summed E-state index contributed by atoms with van der Waals surface area (Å²) >= 11 is 0. The molecule has 1 fully saturated rings. The number of unbranched alkanes of at least 4 members (excludes halogenated alkanes) is 1. The van der Waals surface area contributed by atoms with E-state index >= 15 is 0 Å². The summed E-state index contributed by atoms with van der Waals surface area (Å²) in [5.41, 5.74) is 9.07. The molecule has 0 bridgehead atoms. The fourth-order valence-corrected chi connectivity index (χ4v) is 4.89. The van der Waals surface area contributed by atoms with E-state index in [0.717, 1.165) is 0 Å². The molecule has 3 unspecified atom stereocenters. The van der Waals surface area contributed by atoms with Gasteiger partial charge in [-0.2, -0.15) is 0 Å². The van der Waals surface area contributed by atoms with Crippen molar-refractivity contribution >= 4 is 18.0 Å². The maximum atomic E-state index is 13.1. The Morgan fingerprint density at radius 2 is 1.85 bits per heavy atom. The Bertz CT molecular complexity index is 1450. The molecule has 0 aliphatic carbocycles. The van der Waals surface area contributed by atoms with Gasteiger partial charge in [-0.05, 0) is 81.3 Å². The number of methoxy groups -OCH3 is 1. The summed E-state index contributed by atoms with van der Waals surface area (Å²) in [5, 5.41) is 23.7. The molecule has 1 aliphatic rings. The highest BCUT2D eigenvalue weighted by molar-refractivity contribution is 5.95. The Morgan fingerprint density at radius 3 is 2.52 bits per heavy atom. The Kier molecular flexibility index (Phi) is 14.9. The molecule has 1 saturated heterocycles. The molecule has 5 atom stereocenters. The number of hydrogen-bond acceptors (Lipinski definition) is 10. The minimum atomic E-state index is -1.20. The Labute approximate surface area is 280 Å². The van der Waals surface area contributed by atoms with Crippen LogP contribution in [-0.2, 0) is 18.9 Å².